The third-order valence-electron chi connectivity index (χ3n) is 3.53. The lowest BCUT2D eigenvalue weighted by molar-refractivity contribution is 0.0960. The highest BCUT2D eigenvalue weighted by Gasteiger charge is 2.21. The Hall–Kier alpha value is -2.19. The standard InChI is InChI=1S/C16H17N3O3S2/c1-11-4-6-12(7-5-11)8-10-24(21,22)19-16-18-13-3-2-9-17-15(20)14(13)23-16/h4-8,10H,2-3,9H2,1H3,(H,17,20)(H,18,19)/b10-8+. The smallest absolute Gasteiger partial charge is 0.263 e. The SMILES string of the molecule is Cc1ccc(/C=C/S(=O)(=O)Nc2nc3c(s2)C(=O)NCCC3)cc1. The minimum Gasteiger partial charge on any atom is -0.351 e. The Morgan fingerprint density at radius 3 is 2.79 bits per heavy atom. The summed E-state index contributed by atoms with van der Waals surface area (Å²) in [4.78, 5) is 16.6. The van der Waals surface area contributed by atoms with E-state index in [1.807, 2.05) is 31.2 Å². The largest absolute Gasteiger partial charge is 0.351 e. The predicted octanol–water partition coefficient (Wildman–Crippen LogP) is 2.54. The van der Waals surface area contributed by atoms with Gasteiger partial charge in [0, 0.05) is 6.54 Å². The normalized spacial score (nSPS) is 15.0. The number of hydrogen-bond acceptors (Lipinski definition) is 5. The van der Waals surface area contributed by atoms with Crippen LogP contribution < -0.4 is 10.0 Å². The summed E-state index contributed by atoms with van der Waals surface area (Å²) >= 11 is 1.06. The zero-order valence-electron chi connectivity index (χ0n) is 13.1. The first-order chi connectivity index (χ1) is 11.4. The Labute approximate surface area is 144 Å². The molecular formula is C16H17N3O3S2. The van der Waals surface area contributed by atoms with Crippen LogP contribution >= 0.6 is 11.3 Å². The summed E-state index contributed by atoms with van der Waals surface area (Å²) in [6.07, 6.45) is 2.97. The lowest BCUT2D eigenvalue weighted by atomic mass is 10.2. The fourth-order valence-corrected chi connectivity index (χ4v) is 4.27. The van der Waals surface area contributed by atoms with Crippen LogP contribution in [-0.2, 0) is 16.4 Å². The van der Waals surface area contributed by atoms with E-state index in [0.29, 0.717) is 23.5 Å². The number of benzene rings is 1. The van der Waals surface area contributed by atoms with Crippen LogP contribution in [0.5, 0.6) is 0 Å². The second kappa shape index (κ2) is 6.74. The molecule has 24 heavy (non-hydrogen) atoms. The van der Waals surface area contributed by atoms with Gasteiger partial charge in [0.2, 0.25) is 0 Å². The molecule has 1 aromatic heterocycles. The quantitative estimate of drug-likeness (QED) is 0.874. The number of carbonyl (C=O) groups is 1. The van der Waals surface area contributed by atoms with E-state index in [2.05, 4.69) is 15.0 Å². The summed E-state index contributed by atoms with van der Waals surface area (Å²) in [5.74, 6) is -0.194. The lowest BCUT2D eigenvalue weighted by Crippen LogP contribution is -2.21. The molecule has 0 saturated carbocycles. The highest BCUT2D eigenvalue weighted by Crippen LogP contribution is 2.26. The van der Waals surface area contributed by atoms with E-state index < -0.39 is 10.0 Å². The van der Waals surface area contributed by atoms with Crippen molar-refractivity contribution in [2.45, 2.75) is 19.8 Å². The lowest BCUT2D eigenvalue weighted by Gasteiger charge is -2.00. The second-order valence-electron chi connectivity index (χ2n) is 5.51. The monoisotopic (exact) mass is 363 g/mol. The number of nitrogens with one attached hydrogen (secondary N) is 2. The van der Waals surface area contributed by atoms with Crippen LogP contribution in [0.3, 0.4) is 0 Å². The molecule has 0 unspecified atom stereocenters. The average molecular weight is 363 g/mol. The molecule has 0 saturated heterocycles. The number of fused-ring (bicyclic) bond motifs is 1. The summed E-state index contributed by atoms with van der Waals surface area (Å²) in [7, 11) is -3.68. The van der Waals surface area contributed by atoms with E-state index in [1.165, 1.54) is 6.08 Å². The van der Waals surface area contributed by atoms with Gasteiger partial charge in [-0.25, -0.2) is 13.4 Å². The Morgan fingerprint density at radius 1 is 1.29 bits per heavy atom. The van der Waals surface area contributed by atoms with Crippen molar-refractivity contribution < 1.29 is 13.2 Å². The van der Waals surface area contributed by atoms with E-state index in [9.17, 15) is 13.2 Å². The van der Waals surface area contributed by atoms with E-state index in [4.69, 9.17) is 0 Å². The van der Waals surface area contributed by atoms with E-state index in [-0.39, 0.29) is 11.0 Å². The molecule has 0 fully saturated rings. The number of nitrogens with zero attached hydrogens (tertiary/aromatic N) is 1. The molecule has 0 aliphatic carbocycles. The van der Waals surface area contributed by atoms with Crippen LogP contribution in [0.25, 0.3) is 6.08 Å². The highest BCUT2D eigenvalue weighted by molar-refractivity contribution is 7.95. The van der Waals surface area contributed by atoms with Crippen LogP contribution in [0.15, 0.2) is 29.7 Å². The molecule has 2 heterocycles. The van der Waals surface area contributed by atoms with Gasteiger partial charge in [-0.3, -0.25) is 9.52 Å². The maximum absolute atomic E-state index is 12.2. The fraction of sp³-hybridized carbons (Fsp3) is 0.250. The first kappa shape index (κ1) is 16.7. The summed E-state index contributed by atoms with van der Waals surface area (Å²) < 4.78 is 26.8. The van der Waals surface area contributed by atoms with Crippen molar-refractivity contribution in [1.29, 1.82) is 0 Å². The van der Waals surface area contributed by atoms with Gasteiger partial charge in [-0.05, 0) is 31.4 Å². The summed E-state index contributed by atoms with van der Waals surface area (Å²) in [5, 5.41) is 4.08. The number of anilines is 1. The molecule has 3 rings (SSSR count). The first-order valence-electron chi connectivity index (χ1n) is 7.48. The average Bonchev–Trinajstić information content (AvgIpc) is 2.85. The number of carbonyl (C=O) groups excluding carboxylic acids is 1. The zero-order chi connectivity index (χ0) is 17.2. The van der Waals surface area contributed by atoms with E-state index >= 15 is 0 Å². The molecule has 1 aromatic carbocycles. The third kappa shape index (κ3) is 4.01. The van der Waals surface area contributed by atoms with Crippen molar-refractivity contribution >= 4 is 38.5 Å². The number of aromatic nitrogens is 1. The van der Waals surface area contributed by atoms with Gasteiger partial charge in [-0.15, -0.1) is 0 Å². The van der Waals surface area contributed by atoms with Gasteiger partial charge in [-0.1, -0.05) is 41.2 Å². The van der Waals surface area contributed by atoms with Gasteiger partial charge in [0.15, 0.2) is 5.13 Å². The van der Waals surface area contributed by atoms with Crippen molar-refractivity contribution in [3.05, 3.63) is 51.4 Å². The van der Waals surface area contributed by atoms with Gasteiger partial charge in [0.05, 0.1) is 11.1 Å². The number of sulfonamides is 1. The Kier molecular flexibility index (Phi) is 4.68. The maximum atomic E-state index is 12.2. The van der Waals surface area contributed by atoms with Crippen molar-refractivity contribution in [2.75, 3.05) is 11.3 Å². The van der Waals surface area contributed by atoms with Gasteiger partial charge in [0.1, 0.15) is 4.88 Å². The molecule has 0 atom stereocenters. The Balaban J connectivity index is 1.76. The molecule has 0 radical (unpaired) electrons. The van der Waals surface area contributed by atoms with Crippen molar-refractivity contribution in [3.63, 3.8) is 0 Å². The number of thiazole rings is 1. The van der Waals surface area contributed by atoms with Crippen molar-refractivity contribution in [1.82, 2.24) is 10.3 Å². The maximum Gasteiger partial charge on any atom is 0.263 e. The van der Waals surface area contributed by atoms with Crippen LogP contribution in [-0.4, -0.2) is 25.9 Å². The predicted molar refractivity (Wildman–Crippen MR) is 95.5 cm³/mol. The minimum absolute atomic E-state index is 0.194. The molecule has 1 aliphatic rings. The topological polar surface area (TPSA) is 88.2 Å². The minimum atomic E-state index is -3.68. The molecule has 1 aliphatic heterocycles. The first-order valence-corrected chi connectivity index (χ1v) is 9.85. The number of hydrogen-bond donors (Lipinski definition) is 2. The van der Waals surface area contributed by atoms with Gasteiger partial charge in [0.25, 0.3) is 15.9 Å². The number of amides is 1. The summed E-state index contributed by atoms with van der Waals surface area (Å²) in [6, 6.07) is 7.51. The number of rotatable bonds is 4. The molecule has 6 nitrogen and oxygen atoms in total. The summed E-state index contributed by atoms with van der Waals surface area (Å²) in [5.41, 5.74) is 2.55. The van der Waals surface area contributed by atoms with E-state index in [0.717, 1.165) is 34.3 Å². The van der Waals surface area contributed by atoms with Gasteiger partial charge in [-0.2, -0.15) is 0 Å². The molecule has 1 amide bonds. The van der Waals surface area contributed by atoms with Crippen LogP contribution in [0, 0.1) is 6.92 Å². The zero-order valence-corrected chi connectivity index (χ0v) is 14.7. The van der Waals surface area contributed by atoms with Crippen molar-refractivity contribution in [3.8, 4) is 0 Å². The van der Waals surface area contributed by atoms with Crippen LogP contribution in [0.1, 0.15) is 32.9 Å². The Morgan fingerprint density at radius 2 is 2.04 bits per heavy atom. The highest BCUT2D eigenvalue weighted by atomic mass is 32.2. The molecular weight excluding hydrogens is 346 g/mol. The van der Waals surface area contributed by atoms with Crippen LogP contribution in [0.2, 0.25) is 0 Å². The fourth-order valence-electron chi connectivity index (χ4n) is 2.28. The van der Waals surface area contributed by atoms with Gasteiger partial charge >= 0.3 is 0 Å². The molecule has 0 spiro atoms. The van der Waals surface area contributed by atoms with E-state index in [1.54, 1.807) is 0 Å². The van der Waals surface area contributed by atoms with Crippen molar-refractivity contribution in [2.24, 2.45) is 0 Å². The molecule has 8 heteroatoms. The second-order valence-corrected chi connectivity index (χ2v) is 8.08. The molecule has 0 bridgehead atoms. The van der Waals surface area contributed by atoms with Crippen LogP contribution in [0.4, 0.5) is 5.13 Å². The van der Waals surface area contributed by atoms with Gasteiger partial charge < -0.3 is 5.32 Å². The summed E-state index contributed by atoms with van der Waals surface area (Å²) in [6.45, 7) is 2.58. The Bertz CT molecular complexity index is 884. The molecule has 2 aromatic rings. The molecule has 2 N–H and O–H groups in total. The number of aryl methyl sites for hydroxylation is 2. The third-order valence-corrected chi connectivity index (χ3v) is 5.64. The molecule has 126 valence electrons.